The summed E-state index contributed by atoms with van der Waals surface area (Å²) in [6.45, 7) is 9.26. The molecule has 0 saturated carbocycles. The first-order valence-electron chi connectivity index (χ1n) is 13.2. The minimum atomic E-state index is -3.94. The number of hydrogen-bond acceptors (Lipinski definition) is 10. The van der Waals surface area contributed by atoms with Crippen LogP contribution in [-0.2, 0) is 23.4 Å². The molecule has 2 aromatic heterocycles. The molecule has 0 spiro atoms. The lowest BCUT2D eigenvalue weighted by Crippen LogP contribution is -2.35. The van der Waals surface area contributed by atoms with E-state index < -0.39 is 13.8 Å². The van der Waals surface area contributed by atoms with Gasteiger partial charge in [-0.3, -0.25) is 13.9 Å². The Morgan fingerprint density at radius 2 is 2.02 bits per heavy atom. The van der Waals surface area contributed by atoms with E-state index in [0.717, 1.165) is 0 Å². The predicted molar refractivity (Wildman–Crippen MR) is 151 cm³/mol. The number of nitrogens with one attached hydrogen (secondary N) is 1. The van der Waals surface area contributed by atoms with Crippen molar-refractivity contribution in [2.24, 2.45) is 11.8 Å². The Kier molecular flexibility index (Phi) is 9.68. The Balaban J connectivity index is 1.47. The molecule has 14 heteroatoms. The third-order valence-electron chi connectivity index (χ3n) is 6.54. The number of benzene rings is 1. The Morgan fingerprint density at radius 3 is 2.70 bits per heavy atom. The van der Waals surface area contributed by atoms with Gasteiger partial charge in [-0.1, -0.05) is 39.3 Å². The van der Waals surface area contributed by atoms with Crippen LogP contribution in [0.1, 0.15) is 52.5 Å². The molecule has 12 nitrogen and oxygen atoms in total. The van der Waals surface area contributed by atoms with Gasteiger partial charge in [-0.25, -0.2) is 19.6 Å². The highest BCUT2D eigenvalue weighted by atomic mass is 35.5. The molecule has 40 heavy (non-hydrogen) atoms. The summed E-state index contributed by atoms with van der Waals surface area (Å²) in [5.41, 5.74) is 7.79. The Hall–Kier alpha value is -2.76. The lowest BCUT2D eigenvalue weighted by atomic mass is 10.1. The van der Waals surface area contributed by atoms with Gasteiger partial charge in [0.2, 0.25) is 5.95 Å². The number of fused-ring (bicyclic) bond motifs is 1. The quantitative estimate of drug-likeness (QED) is 0.213. The standard InChI is InChI=1S/C26H36ClN6O6P/c1-6-19(12-36-25(34)15(2)3)32-40(35,39-20-9-7-18(27)8-10-20)37-13-21-11-16(4)24(38-21)33-14-29-22-17(5)30-26(28)31-23(22)33/h7-10,14-16,19,21,24H,6,11-13H2,1-5H3,(H,32,35)(H2,28,30,31). The summed E-state index contributed by atoms with van der Waals surface area (Å²) in [6, 6.07) is 5.99. The number of hydrogen-bond donors (Lipinski definition) is 2. The number of esters is 1. The Bertz CT molecular complexity index is 1370. The van der Waals surface area contributed by atoms with E-state index in [2.05, 4.69) is 20.0 Å². The number of ether oxygens (including phenoxy) is 2. The first-order chi connectivity index (χ1) is 19.0. The molecule has 0 radical (unpaired) electrons. The average Bonchev–Trinajstić information content (AvgIpc) is 3.49. The summed E-state index contributed by atoms with van der Waals surface area (Å²) in [6.07, 6.45) is 2.04. The lowest BCUT2D eigenvalue weighted by Gasteiger charge is -2.26. The fourth-order valence-corrected chi connectivity index (χ4v) is 6.13. The van der Waals surface area contributed by atoms with Gasteiger partial charge in [0.05, 0.1) is 36.7 Å². The molecule has 1 fully saturated rings. The van der Waals surface area contributed by atoms with Gasteiger partial charge in [0.15, 0.2) is 5.65 Å². The molecule has 1 saturated heterocycles. The monoisotopic (exact) mass is 594 g/mol. The number of nitrogens with two attached hydrogens (primary N) is 1. The van der Waals surface area contributed by atoms with E-state index in [0.29, 0.717) is 40.5 Å². The molecular weight excluding hydrogens is 559 g/mol. The largest absolute Gasteiger partial charge is 0.464 e. The maximum Gasteiger partial charge on any atom is 0.459 e. The van der Waals surface area contributed by atoms with E-state index in [1.807, 2.05) is 25.3 Å². The number of rotatable bonds is 12. The van der Waals surface area contributed by atoms with Crippen molar-refractivity contribution in [1.29, 1.82) is 0 Å². The molecule has 0 amide bonds. The second-order valence-corrected chi connectivity index (χ2v) is 12.3. The van der Waals surface area contributed by atoms with Crippen molar-refractivity contribution in [2.75, 3.05) is 18.9 Å². The summed E-state index contributed by atoms with van der Waals surface area (Å²) in [5.74, 6) is -0.0764. The summed E-state index contributed by atoms with van der Waals surface area (Å²) in [7, 11) is -3.94. The van der Waals surface area contributed by atoms with Crippen LogP contribution in [-0.4, -0.2) is 50.8 Å². The third-order valence-corrected chi connectivity index (χ3v) is 8.42. The lowest BCUT2D eigenvalue weighted by molar-refractivity contribution is -0.148. The van der Waals surface area contributed by atoms with Crippen molar-refractivity contribution in [3.05, 3.63) is 41.3 Å². The summed E-state index contributed by atoms with van der Waals surface area (Å²) in [5, 5.41) is 3.46. The molecule has 218 valence electrons. The third kappa shape index (κ3) is 7.30. The van der Waals surface area contributed by atoms with Crippen LogP contribution in [0, 0.1) is 18.8 Å². The SMILES string of the molecule is CCC(COC(=O)C(C)C)NP(=O)(OCC1CC(C)C(n2cnc3c(C)nc(N)nc32)O1)Oc1ccc(Cl)cc1. The minimum Gasteiger partial charge on any atom is -0.464 e. The van der Waals surface area contributed by atoms with E-state index >= 15 is 0 Å². The van der Waals surface area contributed by atoms with Crippen LogP contribution >= 0.6 is 19.3 Å². The second-order valence-electron chi connectivity index (χ2n) is 10.2. The zero-order valence-electron chi connectivity index (χ0n) is 23.2. The summed E-state index contributed by atoms with van der Waals surface area (Å²) >= 11 is 6.00. The Labute approximate surface area is 238 Å². The molecule has 5 unspecified atom stereocenters. The summed E-state index contributed by atoms with van der Waals surface area (Å²) in [4.78, 5) is 25.0. The van der Waals surface area contributed by atoms with Crippen LogP contribution in [0.5, 0.6) is 5.75 Å². The van der Waals surface area contributed by atoms with Gasteiger partial charge < -0.3 is 19.7 Å². The maximum absolute atomic E-state index is 14.0. The predicted octanol–water partition coefficient (Wildman–Crippen LogP) is 5.07. The molecule has 1 aliphatic heterocycles. The van der Waals surface area contributed by atoms with E-state index in [9.17, 15) is 9.36 Å². The van der Waals surface area contributed by atoms with Gasteiger partial charge in [-0.2, -0.15) is 4.98 Å². The number of halogens is 1. The number of nitrogens with zero attached hydrogens (tertiary/aromatic N) is 4. The van der Waals surface area contributed by atoms with Gasteiger partial charge in [0.25, 0.3) is 0 Å². The van der Waals surface area contributed by atoms with Crippen molar-refractivity contribution < 1.29 is 27.9 Å². The topological polar surface area (TPSA) is 153 Å². The highest BCUT2D eigenvalue weighted by Gasteiger charge is 2.38. The number of carbonyl (C=O) groups excluding carboxylic acids is 1. The van der Waals surface area contributed by atoms with Crippen LogP contribution in [0.4, 0.5) is 5.95 Å². The van der Waals surface area contributed by atoms with Crippen molar-refractivity contribution in [1.82, 2.24) is 24.6 Å². The first-order valence-corrected chi connectivity index (χ1v) is 15.2. The maximum atomic E-state index is 14.0. The van der Waals surface area contributed by atoms with E-state index in [-0.39, 0.29) is 49.3 Å². The highest BCUT2D eigenvalue weighted by molar-refractivity contribution is 7.52. The molecule has 3 aromatic rings. The molecule has 4 rings (SSSR count). The van der Waals surface area contributed by atoms with Crippen LogP contribution in [0.3, 0.4) is 0 Å². The number of aromatic nitrogens is 4. The molecular formula is C26H36ClN6O6P. The van der Waals surface area contributed by atoms with Gasteiger partial charge in [0, 0.05) is 10.9 Å². The number of anilines is 1. The van der Waals surface area contributed by atoms with Crippen molar-refractivity contribution >= 4 is 42.4 Å². The number of nitrogen functional groups attached to an aromatic ring is 1. The molecule has 3 heterocycles. The van der Waals surface area contributed by atoms with Crippen molar-refractivity contribution in [2.45, 2.75) is 65.8 Å². The van der Waals surface area contributed by atoms with Gasteiger partial charge in [-0.15, -0.1) is 0 Å². The number of carbonyl (C=O) groups is 1. The second kappa shape index (κ2) is 12.8. The van der Waals surface area contributed by atoms with E-state index in [1.165, 1.54) is 0 Å². The molecule has 5 atom stereocenters. The fourth-order valence-electron chi connectivity index (χ4n) is 4.35. The van der Waals surface area contributed by atoms with Crippen LogP contribution in [0.25, 0.3) is 11.2 Å². The van der Waals surface area contributed by atoms with Crippen molar-refractivity contribution in [3.63, 3.8) is 0 Å². The molecule has 0 bridgehead atoms. The molecule has 1 aliphatic rings. The zero-order chi connectivity index (χ0) is 29.0. The van der Waals surface area contributed by atoms with Crippen LogP contribution in [0.15, 0.2) is 30.6 Å². The van der Waals surface area contributed by atoms with E-state index in [4.69, 9.17) is 35.9 Å². The van der Waals surface area contributed by atoms with Gasteiger partial charge in [-0.05, 0) is 44.0 Å². The first kappa shape index (κ1) is 30.2. The normalized spacial score (nSPS) is 21.4. The molecule has 0 aliphatic carbocycles. The van der Waals surface area contributed by atoms with Gasteiger partial charge in [0.1, 0.15) is 24.1 Å². The number of aryl methyl sites for hydroxylation is 1. The summed E-state index contributed by atoms with van der Waals surface area (Å²) < 4.78 is 39.3. The molecule has 3 N–H and O–H groups in total. The van der Waals surface area contributed by atoms with Crippen molar-refractivity contribution in [3.8, 4) is 5.75 Å². The Morgan fingerprint density at radius 1 is 1.30 bits per heavy atom. The molecule has 1 aromatic carbocycles. The minimum absolute atomic E-state index is 0.0102. The smallest absolute Gasteiger partial charge is 0.459 e. The number of imidazole rings is 1. The highest BCUT2D eigenvalue weighted by Crippen LogP contribution is 2.47. The van der Waals surface area contributed by atoms with Crippen LogP contribution < -0.4 is 15.3 Å². The fraction of sp³-hybridized carbons (Fsp3) is 0.538. The zero-order valence-corrected chi connectivity index (χ0v) is 24.9. The van der Waals surface area contributed by atoms with E-state index in [1.54, 1.807) is 44.4 Å². The van der Waals surface area contributed by atoms with Gasteiger partial charge >= 0.3 is 13.7 Å². The average molecular weight is 595 g/mol. The van der Waals surface area contributed by atoms with Crippen LogP contribution in [0.2, 0.25) is 5.02 Å².